The molecule has 2 saturated carbocycles. The van der Waals surface area contributed by atoms with Gasteiger partial charge in [-0.3, -0.25) is 24.9 Å². The third kappa shape index (κ3) is 12.6. The van der Waals surface area contributed by atoms with Crippen LogP contribution in [0.3, 0.4) is 0 Å². The van der Waals surface area contributed by atoms with Gasteiger partial charge in [0.2, 0.25) is 0 Å². The summed E-state index contributed by atoms with van der Waals surface area (Å²) in [6.45, 7) is 17.3. The molecule has 16 heteroatoms. The maximum Gasteiger partial charge on any atom is 0.412 e. The van der Waals surface area contributed by atoms with Crippen LogP contribution >= 0.6 is 0 Å². The molecule has 388 valence electrons. The van der Waals surface area contributed by atoms with Crippen molar-refractivity contribution in [1.82, 2.24) is 20.2 Å². The number of carbonyl (C=O) groups is 4. The van der Waals surface area contributed by atoms with E-state index in [9.17, 15) is 28.0 Å². The third-order valence-electron chi connectivity index (χ3n) is 13.6. The quantitative estimate of drug-likeness (QED) is 0.0830. The number of pyridine rings is 2. The lowest BCUT2D eigenvalue weighted by Gasteiger charge is -2.37. The van der Waals surface area contributed by atoms with Crippen LogP contribution in [0.4, 0.5) is 41.1 Å². The van der Waals surface area contributed by atoms with Gasteiger partial charge in [-0.2, -0.15) is 0 Å². The zero-order valence-electron chi connectivity index (χ0n) is 43.2. The van der Waals surface area contributed by atoms with Crippen molar-refractivity contribution in [2.75, 3.05) is 73.2 Å². The summed E-state index contributed by atoms with van der Waals surface area (Å²) < 4.78 is 38.6. The molecule has 0 bridgehead atoms. The number of ether oxygens (including phenoxy) is 2. The zero-order chi connectivity index (χ0) is 52.5. The van der Waals surface area contributed by atoms with E-state index in [1.807, 2.05) is 39.0 Å². The van der Waals surface area contributed by atoms with E-state index >= 15 is 0 Å². The molecular weight excluding hydrogens is 943 g/mol. The van der Waals surface area contributed by atoms with Crippen LogP contribution in [-0.2, 0) is 22.3 Å². The number of amides is 2. The van der Waals surface area contributed by atoms with Gasteiger partial charge in [0, 0.05) is 133 Å². The number of piperazine rings is 2. The highest BCUT2D eigenvalue weighted by atomic mass is 19.1. The normalized spacial score (nSPS) is 16.1. The van der Waals surface area contributed by atoms with Crippen LogP contribution in [0.15, 0.2) is 85.2 Å². The largest absolute Gasteiger partial charge is 0.444 e. The Kier molecular flexibility index (Phi) is 14.9. The monoisotopic (exact) mass is 1010 g/mol. The minimum atomic E-state index is -0.704. The average molecular weight is 1010 g/mol. The fourth-order valence-corrected chi connectivity index (χ4v) is 9.72. The zero-order valence-corrected chi connectivity index (χ0v) is 43.2. The molecule has 0 atom stereocenters. The SMILES string of the molecule is CC(C)(C)OC(=O)Nc1ccc(F)cc1CC(=O)c1cnc2c(C3CC3)c(N3CCN(C(=O)OC(C)(C)C)CC3)ccc2c1.Nc1ccc(F)cc1CC(=O)c1cnc2c(C3CC3)c(N3CCNCC3)ccc2c1. The molecule has 4 N–H and O–H groups in total. The second kappa shape index (κ2) is 21.3. The van der Waals surface area contributed by atoms with Gasteiger partial charge in [-0.05, 0) is 151 Å². The molecule has 4 fully saturated rings. The Morgan fingerprint density at radius 2 is 1.12 bits per heavy atom. The maximum atomic E-state index is 14.2. The lowest BCUT2D eigenvalue weighted by atomic mass is 9.98. The molecule has 4 aliphatic rings. The molecule has 74 heavy (non-hydrogen) atoms. The topological polar surface area (TPSA) is 172 Å². The fraction of sp³-hybridized carbons (Fsp3) is 0.414. The average Bonchev–Trinajstić information content (AvgIpc) is 4.31. The Balaban J connectivity index is 0.000000195. The minimum absolute atomic E-state index is 0.0606. The number of hydrogen-bond acceptors (Lipinski definition) is 12. The van der Waals surface area contributed by atoms with Crippen LogP contribution in [0, 0.1) is 11.6 Å². The van der Waals surface area contributed by atoms with Gasteiger partial charge in [-0.1, -0.05) is 12.1 Å². The number of aromatic nitrogens is 2. The van der Waals surface area contributed by atoms with Crippen LogP contribution in [0.1, 0.15) is 122 Å². The van der Waals surface area contributed by atoms with Crippen LogP contribution in [0.25, 0.3) is 21.8 Å². The summed E-state index contributed by atoms with van der Waals surface area (Å²) in [5.74, 6) is -0.292. The second-order valence-corrected chi connectivity index (χ2v) is 21.8. The van der Waals surface area contributed by atoms with E-state index < -0.39 is 28.9 Å². The molecular formula is C58H66F2N8O6. The van der Waals surface area contributed by atoms with Crippen molar-refractivity contribution in [2.45, 2.75) is 103 Å². The molecule has 2 aromatic heterocycles. The van der Waals surface area contributed by atoms with Gasteiger partial charge < -0.3 is 35.2 Å². The van der Waals surface area contributed by atoms with E-state index in [1.54, 1.807) is 38.1 Å². The number of hydrogen-bond donors (Lipinski definition) is 3. The van der Waals surface area contributed by atoms with Gasteiger partial charge in [0.05, 0.1) is 11.0 Å². The smallest absolute Gasteiger partial charge is 0.412 e. The molecule has 2 aliphatic carbocycles. The number of nitrogen functional groups attached to an aromatic ring is 1. The number of rotatable bonds is 11. The predicted octanol–water partition coefficient (Wildman–Crippen LogP) is 10.7. The van der Waals surface area contributed by atoms with Gasteiger partial charge in [-0.25, -0.2) is 18.4 Å². The van der Waals surface area contributed by atoms with E-state index in [-0.39, 0.29) is 30.5 Å². The van der Waals surface area contributed by atoms with E-state index in [2.05, 4.69) is 38.6 Å². The first-order valence-electron chi connectivity index (χ1n) is 25.7. The second-order valence-electron chi connectivity index (χ2n) is 21.8. The Hall–Kier alpha value is -7.20. The number of nitrogens with two attached hydrogens (primary N) is 1. The van der Waals surface area contributed by atoms with Gasteiger partial charge in [0.15, 0.2) is 11.6 Å². The van der Waals surface area contributed by atoms with Crippen molar-refractivity contribution in [3.05, 3.63) is 130 Å². The fourth-order valence-electron chi connectivity index (χ4n) is 9.72. The number of nitrogens with zero attached hydrogens (tertiary/aromatic N) is 5. The number of carbonyl (C=O) groups excluding carboxylic acids is 4. The Labute approximate surface area is 431 Å². The summed E-state index contributed by atoms with van der Waals surface area (Å²) >= 11 is 0. The molecule has 4 aromatic carbocycles. The van der Waals surface area contributed by atoms with E-state index in [0.717, 1.165) is 66.5 Å². The number of anilines is 4. The van der Waals surface area contributed by atoms with Gasteiger partial charge in [0.25, 0.3) is 0 Å². The number of Topliss-reactive ketones (excluding diaryl/α,β-unsaturated/α-hetero) is 2. The summed E-state index contributed by atoms with van der Waals surface area (Å²) in [6, 6.07) is 20.1. The maximum absolute atomic E-state index is 14.2. The Morgan fingerprint density at radius 3 is 1.64 bits per heavy atom. The first kappa shape index (κ1) is 51.7. The summed E-state index contributed by atoms with van der Waals surface area (Å²) in [5.41, 5.74) is 14.0. The number of halogens is 2. The van der Waals surface area contributed by atoms with Crippen molar-refractivity contribution in [1.29, 1.82) is 0 Å². The first-order chi connectivity index (χ1) is 35.3. The highest BCUT2D eigenvalue weighted by Gasteiger charge is 2.34. The molecule has 6 aromatic rings. The van der Waals surface area contributed by atoms with Gasteiger partial charge in [0.1, 0.15) is 22.8 Å². The van der Waals surface area contributed by atoms with Crippen LogP contribution in [-0.4, -0.2) is 102 Å². The summed E-state index contributed by atoms with van der Waals surface area (Å²) in [6.07, 6.45) is 6.77. The van der Waals surface area contributed by atoms with Crippen molar-refractivity contribution in [2.24, 2.45) is 0 Å². The number of nitrogens with one attached hydrogen (secondary N) is 2. The van der Waals surface area contributed by atoms with Crippen molar-refractivity contribution >= 4 is 68.3 Å². The predicted molar refractivity (Wildman–Crippen MR) is 286 cm³/mol. The van der Waals surface area contributed by atoms with Gasteiger partial charge in [-0.15, -0.1) is 0 Å². The molecule has 4 heterocycles. The van der Waals surface area contributed by atoms with Crippen LogP contribution in [0.2, 0.25) is 0 Å². The van der Waals surface area contributed by atoms with Gasteiger partial charge >= 0.3 is 12.2 Å². The van der Waals surface area contributed by atoms with Crippen LogP contribution < -0.4 is 26.2 Å². The highest BCUT2D eigenvalue weighted by Crippen LogP contribution is 2.49. The van der Waals surface area contributed by atoms with Crippen molar-refractivity contribution in [3.8, 4) is 0 Å². The summed E-state index contributed by atoms with van der Waals surface area (Å²) in [5, 5.41) is 7.88. The number of fused-ring (bicyclic) bond motifs is 2. The molecule has 2 saturated heterocycles. The molecule has 14 nitrogen and oxygen atoms in total. The molecule has 2 aliphatic heterocycles. The lowest BCUT2D eigenvalue weighted by molar-refractivity contribution is 0.0240. The van der Waals surface area contributed by atoms with Crippen molar-refractivity contribution < 1.29 is 37.4 Å². The summed E-state index contributed by atoms with van der Waals surface area (Å²) in [7, 11) is 0. The molecule has 0 spiro atoms. The van der Waals surface area contributed by atoms with Crippen molar-refractivity contribution in [3.63, 3.8) is 0 Å². The minimum Gasteiger partial charge on any atom is -0.444 e. The molecule has 2 amide bonds. The van der Waals surface area contributed by atoms with E-state index in [1.165, 1.54) is 66.1 Å². The Morgan fingerprint density at radius 1 is 0.635 bits per heavy atom. The first-order valence-corrected chi connectivity index (χ1v) is 25.7. The molecule has 0 radical (unpaired) electrons. The van der Waals surface area contributed by atoms with E-state index in [4.69, 9.17) is 25.2 Å². The number of benzene rings is 4. The standard InChI is InChI=1S/C34H41FN4O5.C24H25FN4O/c1-33(2,3)43-31(41)37-26-11-10-25(35)18-23(26)19-28(40)24-17-22-9-12-27(29(21-7-8-21)30(22)36-20-24)38-13-15-39(16-14-38)32(42)44-34(4,5)6;25-19-4-5-20(26)17(12-19)13-22(30)18-11-16-3-6-21(29-9-7-27-8-10-29)23(15-1-2-15)24(16)28-14-18/h9-12,17-18,20-21H,7-8,13-16,19H2,1-6H3,(H,37,41);3-6,11-12,14-15,27H,1-2,7-10,13,26H2. The summed E-state index contributed by atoms with van der Waals surface area (Å²) in [4.78, 5) is 67.1. The highest BCUT2D eigenvalue weighted by molar-refractivity contribution is 6.03. The molecule has 10 rings (SSSR count). The number of ketones is 2. The molecule has 0 unspecified atom stereocenters. The lowest BCUT2D eigenvalue weighted by Crippen LogP contribution is -2.50. The Bertz CT molecular complexity index is 3110. The van der Waals surface area contributed by atoms with Crippen LogP contribution in [0.5, 0.6) is 0 Å². The third-order valence-corrected chi connectivity index (χ3v) is 13.6. The van der Waals surface area contributed by atoms with E-state index in [0.29, 0.717) is 71.6 Å².